The molecule has 30 heavy (non-hydrogen) atoms. The van der Waals surface area contributed by atoms with Gasteiger partial charge in [-0.05, 0) is 73.6 Å². The summed E-state index contributed by atoms with van der Waals surface area (Å²) in [5.74, 6) is -0.0567. The van der Waals surface area contributed by atoms with Gasteiger partial charge in [0.15, 0.2) is 0 Å². The maximum absolute atomic E-state index is 13.1. The summed E-state index contributed by atoms with van der Waals surface area (Å²) in [6, 6.07) is 11.7. The summed E-state index contributed by atoms with van der Waals surface area (Å²) < 4.78 is 27.6. The highest BCUT2D eigenvalue weighted by Crippen LogP contribution is 2.25. The lowest BCUT2D eigenvalue weighted by Gasteiger charge is -2.33. The number of rotatable bonds is 5. The first-order chi connectivity index (χ1) is 14.3. The summed E-state index contributed by atoms with van der Waals surface area (Å²) in [5, 5.41) is 2.99. The fourth-order valence-electron chi connectivity index (χ4n) is 4.31. The Labute approximate surface area is 178 Å². The quantitative estimate of drug-likeness (QED) is 0.797. The third-order valence-corrected chi connectivity index (χ3v) is 8.08. The van der Waals surface area contributed by atoms with Gasteiger partial charge in [-0.15, -0.1) is 0 Å². The third kappa shape index (κ3) is 4.43. The van der Waals surface area contributed by atoms with Gasteiger partial charge in [-0.1, -0.05) is 18.2 Å². The Balaban J connectivity index is 1.33. The number of carbonyl (C=O) groups is 1. The Hall–Kier alpha value is -2.22. The number of anilines is 1. The van der Waals surface area contributed by atoms with Crippen LogP contribution in [0.3, 0.4) is 0 Å². The number of benzene rings is 2. The van der Waals surface area contributed by atoms with Crippen molar-refractivity contribution in [1.82, 2.24) is 9.21 Å². The maximum Gasteiger partial charge on any atom is 0.243 e. The van der Waals surface area contributed by atoms with Crippen molar-refractivity contribution in [1.29, 1.82) is 0 Å². The van der Waals surface area contributed by atoms with Crippen LogP contribution in [0.5, 0.6) is 0 Å². The van der Waals surface area contributed by atoms with Gasteiger partial charge in [0.1, 0.15) is 0 Å². The largest absolute Gasteiger partial charge is 0.325 e. The molecule has 0 atom stereocenters. The van der Waals surface area contributed by atoms with Crippen LogP contribution in [0.1, 0.15) is 28.7 Å². The average molecular weight is 428 g/mol. The first kappa shape index (κ1) is 21.0. The molecule has 0 spiro atoms. The van der Waals surface area contributed by atoms with Gasteiger partial charge in [0, 0.05) is 31.9 Å². The van der Waals surface area contributed by atoms with E-state index in [1.54, 1.807) is 6.07 Å². The number of hydrogen-bond donors (Lipinski definition) is 1. The standard InChI is InChI=1S/C23H29N3O3S/c1-17-6-7-18(2)22(14-17)30(28,29)26-12-10-25(11-13-26)16-23(27)24-21-9-8-19-4-3-5-20(19)15-21/h6-9,14-15H,3-5,10-13,16H2,1-2H3,(H,24,27). The lowest BCUT2D eigenvalue weighted by Crippen LogP contribution is -2.50. The summed E-state index contributed by atoms with van der Waals surface area (Å²) >= 11 is 0. The van der Waals surface area contributed by atoms with Crippen molar-refractivity contribution in [2.45, 2.75) is 38.0 Å². The maximum atomic E-state index is 13.1. The van der Waals surface area contributed by atoms with Crippen molar-refractivity contribution in [2.24, 2.45) is 0 Å². The van der Waals surface area contributed by atoms with Gasteiger partial charge in [0.2, 0.25) is 15.9 Å². The van der Waals surface area contributed by atoms with E-state index in [1.165, 1.54) is 21.9 Å². The van der Waals surface area contributed by atoms with Crippen LogP contribution in [-0.2, 0) is 27.7 Å². The van der Waals surface area contributed by atoms with Crippen molar-refractivity contribution in [3.8, 4) is 0 Å². The molecule has 1 fully saturated rings. The molecule has 1 saturated heterocycles. The van der Waals surface area contributed by atoms with Crippen molar-refractivity contribution in [2.75, 3.05) is 38.0 Å². The van der Waals surface area contributed by atoms with E-state index >= 15 is 0 Å². The van der Waals surface area contributed by atoms with Crippen LogP contribution in [0.2, 0.25) is 0 Å². The Morgan fingerprint density at radius 1 is 0.967 bits per heavy atom. The summed E-state index contributed by atoms with van der Waals surface area (Å²) in [6.45, 7) is 5.86. The minimum absolute atomic E-state index is 0.0567. The summed E-state index contributed by atoms with van der Waals surface area (Å²) in [4.78, 5) is 14.9. The smallest absolute Gasteiger partial charge is 0.243 e. The Morgan fingerprint density at radius 3 is 2.47 bits per heavy atom. The number of nitrogens with zero attached hydrogens (tertiary/aromatic N) is 2. The molecule has 160 valence electrons. The van der Waals surface area contributed by atoms with Crippen LogP contribution in [0.15, 0.2) is 41.3 Å². The normalized spacial score (nSPS) is 17.7. The minimum atomic E-state index is -3.52. The predicted molar refractivity (Wildman–Crippen MR) is 118 cm³/mol. The van der Waals surface area contributed by atoms with Gasteiger partial charge in [0.25, 0.3) is 0 Å². The monoisotopic (exact) mass is 427 g/mol. The number of aryl methyl sites for hydroxylation is 4. The topological polar surface area (TPSA) is 69.7 Å². The fraction of sp³-hybridized carbons (Fsp3) is 0.435. The second-order valence-corrected chi connectivity index (χ2v) is 10.2. The first-order valence-electron chi connectivity index (χ1n) is 10.5. The molecule has 4 rings (SSSR count). The molecule has 7 heteroatoms. The predicted octanol–water partition coefficient (Wildman–Crippen LogP) is 2.74. The molecule has 1 N–H and O–H groups in total. The number of fused-ring (bicyclic) bond motifs is 1. The first-order valence-corrected chi connectivity index (χ1v) is 12.0. The molecule has 0 unspecified atom stereocenters. The zero-order chi connectivity index (χ0) is 21.3. The number of sulfonamides is 1. The van der Waals surface area contributed by atoms with Crippen LogP contribution in [0.4, 0.5) is 5.69 Å². The zero-order valence-electron chi connectivity index (χ0n) is 17.6. The molecule has 0 bridgehead atoms. The molecule has 0 aromatic heterocycles. The van der Waals surface area contributed by atoms with E-state index < -0.39 is 10.0 Å². The van der Waals surface area contributed by atoms with Crippen LogP contribution in [-0.4, -0.2) is 56.3 Å². The van der Waals surface area contributed by atoms with E-state index in [9.17, 15) is 13.2 Å². The summed E-state index contributed by atoms with van der Waals surface area (Å²) in [7, 11) is -3.52. The van der Waals surface area contributed by atoms with E-state index in [4.69, 9.17) is 0 Å². The Morgan fingerprint density at radius 2 is 1.70 bits per heavy atom. The van der Waals surface area contributed by atoms with Gasteiger partial charge < -0.3 is 5.32 Å². The van der Waals surface area contributed by atoms with Crippen molar-refractivity contribution in [3.63, 3.8) is 0 Å². The minimum Gasteiger partial charge on any atom is -0.325 e. The Bertz CT molecular complexity index is 1060. The molecule has 2 aromatic carbocycles. The highest BCUT2D eigenvalue weighted by molar-refractivity contribution is 7.89. The highest BCUT2D eigenvalue weighted by Gasteiger charge is 2.30. The van der Waals surface area contributed by atoms with Gasteiger partial charge in [0.05, 0.1) is 11.4 Å². The van der Waals surface area contributed by atoms with E-state index in [2.05, 4.69) is 17.4 Å². The second kappa shape index (κ2) is 8.49. The number of carbonyl (C=O) groups excluding carboxylic acids is 1. The van der Waals surface area contributed by atoms with Crippen molar-refractivity contribution >= 4 is 21.6 Å². The molecule has 1 amide bonds. The van der Waals surface area contributed by atoms with Crippen LogP contribution < -0.4 is 5.32 Å². The molecule has 2 aliphatic rings. The number of amides is 1. The van der Waals surface area contributed by atoms with E-state index in [-0.39, 0.29) is 12.5 Å². The molecular formula is C23H29N3O3S. The second-order valence-electron chi connectivity index (χ2n) is 8.33. The summed E-state index contributed by atoms with van der Waals surface area (Å²) in [5.41, 5.74) is 5.25. The molecule has 1 heterocycles. The van der Waals surface area contributed by atoms with Crippen molar-refractivity contribution in [3.05, 3.63) is 58.7 Å². The fourth-order valence-corrected chi connectivity index (χ4v) is 6.04. The highest BCUT2D eigenvalue weighted by atomic mass is 32.2. The molecule has 0 radical (unpaired) electrons. The number of hydrogen-bond acceptors (Lipinski definition) is 4. The molecule has 2 aromatic rings. The molecule has 0 saturated carbocycles. The molecule has 6 nitrogen and oxygen atoms in total. The van der Waals surface area contributed by atoms with Gasteiger partial charge in [-0.25, -0.2) is 8.42 Å². The van der Waals surface area contributed by atoms with Crippen LogP contribution in [0.25, 0.3) is 0 Å². The van der Waals surface area contributed by atoms with Crippen molar-refractivity contribution < 1.29 is 13.2 Å². The van der Waals surface area contributed by atoms with E-state index in [0.29, 0.717) is 31.1 Å². The van der Waals surface area contributed by atoms with Gasteiger partial charge in [-0.3, -0.25) is 9.69 Å². The molecular weight excluding hydrogens is 398 g/mol. The lowest BCUT2D eigenvalue weighted by molar-refractivity contribution is -0.117. The van der Waals surface area contributed by atoms with Gasteiger partial charge in [-0.2, -0.15) is 4.31 Å². The number of nitrogens with one attached hydrogen (secondary N) is 1. The summed E-state index contributed by atoms with van der Waals surface area (Å²) in [6.07, 6.45) is 3.39. The number of piperazine rings is 1. The van der Waals surface area contributed by atoms with Crippen LogP contribution in [0, 0.1) is 13.8 Å². The van der Waals surface area contributed by atoms with Gasteiger partial charge >= 0.3 is 0 Å². The molecule has 1 aliphatic carbocycles. The van der Waals surface area contributed by atoms with E-state index in [0.717, 1.165) is 29.7 Å². The third-order valence-electron chi connectivity index (χ3n) is 6.04. The zero-order valence-corrected chi connectivity index (χ0v) is 18.5. The molecule has 1 aliphatic heterocycles. The van der Waals surface area contributed by atoms with Crippen LogP contribution >= 0.6 is 0 Å². The SMILES string of the molecule is Cc1ccc(C)c(S(=O)(=O)N2CCN(CC(=O)Nc3ccc4c(c3)CCC4)CC2)c1. The average Bonchev–Trinajstić information content (AvgIpc) is 3.18. The Kier molecular flexibility index (Phi) is 5.95. The van der Waals surface area contributed by atoms with E-state index in [1.807, 2.05) is 36.9 Å². The lowest BCUT2D eigenvalue weighted by atomic mass is 10.1.